The first kappa shape index (κ1) is 14.0. The number of hydrogen-bond acceptors (Lipinski definition) is 3. The summed E-state index contributed by atoms with van der Waals surface area (Å²) in [4.78, 5) is 15.5. The third-order valence-corrected chi connectivity index (χ3v) is 4.21. The van der Waals surface area contributed by atoms with Gasteiger partial charge in [-0.1, -0.05) is 0 Å². The maximum atomic E-state index is 11.9. The molecule has 0 spiro atoms. The Kier molecular flexibility index (Phi) is 3.90. The van der Waals surface area contributed by atoms with Gasteiger partial charge in [0.15, 0.2) is 0 Å². The number of ether oxygens (including phenoxy) is 1. The molecule has 1 saturated heterocycles. The number of carbonyl (C=O) groups excluding carboxylic acids is 1. The highest BCUT2D eigenvalue weighted by molar-refractivity contribution is 5.73. The number of amides is 2. The minimum atomic E-state index is 0.114. The first-order valence-corrected chi connectivity index (χ1v) is 7.62. The fraction of sp³-hybridized carbons (Fsp3) is 0.562. The lowest BCUT2D eigenvalue weighted by Gasteiger charge is -2.34. The van der Waals surface area contributed by atoms with Crippen LogP contribution in [-0.2, 0) is 6.42 Å². The van der Waals surface area contributed by atoms with Crippen molar-refractivity contribution in [2.45, 2.75) is 25.3 Å². The Hall–Kier alpha value is -1.91. The molecule has 1 aromatic rings. The second-order valence-corrected chi connectivity index (χ2v) is 6.00. The summed E-state index contributed by atoms with van der Waals surface area (Å²) < 4.78 is 5.53. The van der Waals surface area contributed by atoms with Crippen molar-refractivity contribution in [3.63, 3.8) is 0 Å². The summed E-state index contributed by atoms with van der Waals surface area (Å²) in [5.41, 5.74) is 2.46. The van der Waals surface area contributed by atoms with Gasteiger partial charge in [0.1, 0.15) is 5.75 Å². The first-order valence-electron chi connectivity index (χ1n) is 7.62. The fourth-order valence-corrected chi connectivity index (χ4v) is 3.01. The minimum absolute atomic E-state index is 0.114. The third kappa shape index (κ3) is 3.06. The van der Waals surface area contributed by atoms with E-state index in [0.29, 0.717) is 6.04 Å². The van der Waals surface area contributed by atoms with Crippen molar-refractivity contribution in [1.29, 1.82) is 0 Å². The average Bonchev–Trinajstić information content (AvgIpc) is 2.95. The molecule has 1 aromatic carbocycles. The van der Waals surface area contributed by atoms with Crippen LogP contribution in [0.3, 0.4) is 0 Å². The Morgan fingerprint density at radius 3 is 2.81 bits per heavy atom. The highest BCUT2D eigenvalue weighted by atomic mass is 16.5. The first-order chi connectivity index (χ1) is 10.1. The van der Waals surface area contributed by atoms with Crippen LogP contribution in [0.4, 0.5) is 10.5 Å². The molecule has 2 amide bonds. The second kappa shape index (κ2) is 5.84. The Morgan fingerprint density at radius 2 is 2.10 bits per heavy atom. The van der Waals surface area contributed by atoms with E-state index in [1.165, 1.54) is 5.56 Å². The van der Waals surface area contributed by atoms with E-state index < -0.39 is 0 Å². The third-order valence-electron chi connectivity index (χ3n) is 4.21. The van der Waals surface area contributed by atoms with Gasteiger partial charge in [0.2, 0.25) is 0 Å². The molecule has 3 rings (SSSR count). The van der Waals surface area contributed by atoms with Crippen molar-refractivity contribution in [3.05, 3.63) is 23.8 Å². The standard InChI is InChI=1S/C16H23N3O2/c1-18(2)16(20)19-8-5-13(6-9-19)17-14-3-4-15-12(11-14)7-10-21-15/h3-4,11,13,17H,5-10H2,1-2H3. The molecule has 2 heterocycles. The quantitative estimate of drug-likeness (QED) is 0.907. The molecule has 0 radical (unpaired) electrons. The lowest BCUT2D eigenvalue weighted by Crippen LogP contribution is -2.46. The van der Waals surface area contributed by atoms with Crippen LogP contribution in [0.1, 0.15) is 18.4 Å². The molecule has 5 heteroatoms. The monoisotopic (exact) mass is 289 g/mol. The van der Waals surface area contributed by atoms with Gasteiger partial charge in [-0.2, -0.15) is 0 Å². The Bertz CT molecular complexity index is 522. The highest BCUT2D eigenvalue weighted by Gasteiger charge is 2.23. The van der Waals surface area contributed by atoms with Crippen molar-refractivity contribution < 1.29 is 9.53 Å². The van der Waals surface area contributed by atoms with E-state index in [2.05, 4.69) is 23.5 Å². The Balaban J connectivity index is 1.55. The Labute approximate surface area is 125 Å². The molecule has 0 bridgehead atoms. The lowest BCUT2D eigenvalue weighted by molar-refractivity contribution is 0.158. The lowest BCUT2D eigenvalue weighted by atomic mass is 10.0. The maximum absolute atomic E-state index is 11.9. The molecule has 0 saturated carbocycles. The van der Waals surface area contributed by atoms with Crippen LogP contribution < -0.4 is 10.1 Å². The summed E-state index contributed by atoms with van der Waals surface area (Å²) >= 11 is 0. The number of benzene rings is 1. The summed E-state index contributed by atoms with van der Waals surface area (Å²) in [5.74, 6) is 1.02. The maximum Gasteiger partial charge on any atom is 0.319 e. The number of urea groups is 1. The summed E-state index contributed by atoms with van der Waals surface area (Å²) in [7, 11) is 3.61. The number of nitrogens with zero attached hydrogens (tertiary/aromatic N) is 2. The predicted molar refractivity (Wildman–Crippen MR) is 82.9 cm³/mol. The van der Waals surface area contributed by atoms with Crippen LogP contribution >= 0.6 is 0 Å². The van der Waals surface area contributed by atoms with Gasteiger partial charge in [0.25, 0.3) is 0 Å². The molecular formula is C16H23N3O2. The van der Waals surface area contributed by atoms with Gasteiger partial charge in [0.05, 0.1) is 6.61 Å². The van der Waals surface area contributed by atoms with Gasteiger partial charge in [-0.15, -0.1) is 0 Å². The van der Waals surface area contributed by atoms with Crippen LogP contribution in [0.15, 0.2) is 18.2 Å². The SMILES string of the molecule is CN(C)C(=O)N1CCC(Nc2ccc3c(c2)CCO3)CC1. The molecule has 114 valence electrons. The molecule has 0 aromatic heterocycles. The Morgan fingerprint density at radius 1 is 1.33 bits per heavy atom. The molecule has 21 heavy (non-hydrogen) atoms. The van der Waals surface area contributed by atoms with E-state index in [0.717, 1.165) is 50.4 Å². The van der Waals surface area contributed by atoms with Crippen molar-refractivity contribution in [2.75, 3.05) is 39.1 Å². The predicted octanol–water partition coefficient (Wildman–Crippen LogP) is 2.18. The normalized spacial score (nSPS) is 18.1. The summed E-state index contributed by atoms with van der Waals surface area (Å²) in [6.07, 6.45) is 2.99. The molecule has 2 aliphatic heterocycles. The number of likely N-dealkylation sites (tertiary alicyclic amines) is 1. The van der Waals surface area contributed by atoms with Gasteiger partial charge in [0, 0.05) is 45.3 Å². The van der Waals surface area contributed by atoms with Crippen molar-refractivity contribution in [2.24, 2.45) is 0 Å². The van der Waals surface area contributed by atoms with Crippen molar-refractivity contribution >= 4 is 11.7 Å². The van der Waals surface area contributed by atoms with Crippen LogP contribution in [0.2, 0.25) is 0 Å². The zero-order valence-electron chi connectivity index (χ0n) is 12.8. The summed E-state index contributed by atoms with van der Waals surface area (Å²) in [5, 5.41) is 3.59. The number of hydrogen-bond donors (Lipinski definition) is 1. The molecule has 0 aliphatic carbocycles. The molecule has 1 N–H and O–H groups in total. The molecule has 1 fully saturated rings. The molecular weight excluding hydrogens is 266 g/mol. The largest absolute Gasteiger partial charge is 0.493 e. The zero-order valence-corrected chi connectivity index (χ0v) is 12.8. The van der Waals surface area contributed by atoms with Crippen LogP contribution in [0, 0.1) is 0 Å². The summed E-state index contributed by atoms with van der Waals surface area (Å²) in [6.45, 7) is 2.44. The van der Waals surface area contributed by atoms with Gasteiger partial charge in [-0.05, 0) is 36.6 Å². The van der Waals surface area contributed by atoms with Crippen LogP contribution in [0.5, 0.6) is 5.75 Å². The summed E-state index contributed by atoms with van der Waals surface area (Å²) in [6, 6.07) is 6.89. The zero-order chi connectivity index (χ0) is 14.8. The molecule has 5 nitrogen and oxygen atoms in total. The molecule has 0 atom stereocenters. The number of rotatable bonds is 2. The number of carbonyl (C=O) groups is 1. The number of anilines is 1. The van der Waals surface area contributed by atoms with E-state index in [1.54, 1.807) is 19.0 Å². The highest BCUT2D eigenvalue weighted by Crippen LogP contribution is 2.28. The number of piperidine rings is 1. The topological polar surface area (TPSA) is 44.8 Å². The van der Waals surface area contributed by atoms with E-state index in [1.807, 2.05) is 4.90 Å². The number of fused-ring (bicyclic) bond motifs is 1. The van der Waals surface area contributed by atoms with Crippen LogP contribution in [-0.4, -0.2) is 55.7 Å². The smallest absolute Gasteiger partial charge is 0.319 e. The van der Waals surface area contributed by atoms with Gasteiger partial charge in [-0.3, -0.25) is 0 Å². The second-order valence-electron chi connectivity index (χ2n) is 6.00. The molecule has 2 aliphatic rings. The van der Waals surface area contributed by atoms with E-state index >= 15 is 0 Å². The van der Waals surface area contributed by atoms with Crippen molar-refractivity contribution in [1.82, 2.24) is 9.80 Å². The van der Waals surface area contributed by atoms with E-state index in [-0.39, 0.29) is 6.03 Å². The van der Waals surface area contributed by atoms with E-state index in [4.69, 9.17) is 4.74 Å². The van der Waals surface area contributed by atoms with E-state index in [9.17, 15) is 4.79 Å². The average molecular weight is 289 g/mol. The molecule has 0 unspecified atom stereocenters. The minimum Gasteiger partial charge on any atom is -0.493 e. The van der Waals surface area contributed by atoms with Gasteiger partial charge < -0.3 is 19.9 Å². The van der Waals surface area contributed by atoms with Crippen LogP contribution in [0.25, 0.3) is 0 Å². The van der Waals surface area contributed by atoms with Gasteiger partial charge >= 0.3 is 6.03 Å². The van der Waals surface area contributed by atoms with Gasteiger partial charge in [-0.25, -0.2) is 4.79 Å². The number of nitrogens with one attached hydrogen (secondary N) is 1. The fourth-order valence-electron chi connectivity index (χ4n) is 3.01. The van der Waals surface area contributed by atoms with Crippen molar-refractivity contribution in [3.8, 4) is 5.75 Å².